The normalized spacial score (nSPS) is 10.3. The van der Waals surface area contributed by atoms with E-state index >= 15 is 0 Å². The van der Waals surface area contributed by atoms with Gasteiger partial charge < -0.3 is 16.4 Å². The van der Waals surface area contributed by atoms with Crippen molar-refractivity contribution in [1.29, 1.82) is 0 Å². The maximum absolute atomic E-state index is 13.0. The molecule has 0 aliphatic carbocycles. The summed E-state index contributed by atoms with van der Waals surface area (Å²) in [6.07, 6.45) is 0. The zero-order chi connectivity index (χ0) is 19.9. The monoisotopic (exact) mass is 389 g/mol. The van der Waals surface area contributed by atoms with Crippen LogP contribution in [-0.4, -0.2) is 16.9 Å². The molecule has 3 aromatic carbocycles. The topological polar surface area (TPSA) is 84.2 Å². The van der Waals surface area contributed by atoms with E-state index in [1.807, 2.05) is 60.7 Å². The number of anilines is 1. The van der Waals surface area contributed by atoms with Gasteiger partial charge in [-0.05, 0) is 35.5 Å². The number of nitrogens with one attached hydrogen (secondary N) is 2. The summed E-state index contributed by atoms with van der Waals surface area (Å²) in [7, 11) is 0. The van der Waals surface area contributed by atoms with Crippen LogP contribution in [0.25, 0.3) is 0 Å². The lowest BCUT2D eigenvalue weighted by Gasteiger charge is -2.19. The van der Waals surface area contributed by atoms with Gasteiger partial charge in [0.1, 0.15) is 0 Å². The maximum atomic E-state index is 13.0. The van der Waals surface area contributed by atoms with Crippen LogP contribution in [0.2, 0.25) is 0 Å². The van der Waals surface area contributed by atoms with Crippen LogP contribution in [0.1, 0.15) is 27.4 Å². The van der Waals surface area contributed by atoms with Gasteiger partial charge in [0.2, 0.25) is 5.91 Å². The van der Waals surface area contributed by atoms with E-state index in [9.17, 15) is 9.59 Å². The minimum absolute atomic E-state index is 0.0931. The molecule has 0 saturated heterocycles. The summed E-state index contributed by atoms with van der Waals surface area (Å²) in [5, 5.41) is 5.69. The second-order valence-corrected chi connectivity index (χ2v) is 6.52. The third kappa shape index (κ3) is 4.61. The lowest BCUT2D eigenvalue weighted by Crippen LogP contribution is -2.38. The van der Waals surface area contributed by atoms with Gasteiger partial charge in [0.25, 0.3) is 5.91 Å². The summed E-state index contributed by atoms with van der Waals surface area (Å²) in [6, 6.07) is 25.7. The highest BCUT2D eigenvalue weighted by Crippen LogP contribution is 2.25. The molecule has 0 fully saturated rings. The molecule has 140 valence electrons. The summed E-state index contributed by atoms with van der Waals surface area (Å²) in [6.45, 7) is 0. The van der Waals surface area contributed by atoms with Gasteiger partial charge in [0.15, 0.2) is 5.11 Å². The molecule has 3 aromatic rings. The number of carbonyl (C=O) groups is 2. The van der Waals surface area contributed by atoms with Crippen molar-refractivity contribution < 1.29 is 9.59 Å². The average Bonchev–Trinajstić information content (AvgIpc) is 2.70. The molecule has 6 heteroatoms. The Morgan fingerprint density at radius 2 is 1.29 bits per heavy atom. The molecule has 0 heterocycles. The zero-order valence-electron chi connectivity index (χ0n) is 15.0. The van der Waals surface area contributed by atoms with E-state index in [1.54, 1.807) is 24.3 Å². The largest absolute Gasteiger partial charge is 0.366 e. The highest BCUT2D eigenvalue weighted by Gasteiger charge is 2.23. The number of amides is 2. The first-order valence-corrected chi connectivity index (χ1v) is 9.07. The van der Waals surface area contributed by atoms with Crippen LogP contribution in [0.15, 0.2) is 84.9 Å². The van der Waals surface area contributed by atoms with Gasteiger partial charge in [0, 0.05) is 0 Å². The minimum atomic E-state index is -0.580. The fourth-order valence-electron chi connectivity index (χ4n) is 2.93. The van der Waals surface area contributed by atoms with Crippen molar-refractivity contribution in [3.05, 3.63) is 102 Å². The van der Waals surface area contributed by atoms with Crippen molar-refractivity contribution in [3.63, 3.8) is 0 Å². The van der Waals surface area contributed by atoms with E-state index in [2.05, 4.69) is 10.6 Å². The first-order chi connectivity index (χ1) is 13.6. The molecule has 0 radical (unpaired) electrons. The molecule has 0 unspecified atom stereocenters. The van der Waals surface area contributed by atoms with E-state index in [0.717, 1.165) is 11.1 Å². The average molecular weight is 389 g/mol. The molecule has 3 rings (SSSR count). The summed E-state index contributed by atoms with van der Waals surface area (Å²) in [4.78, 5) is 24.6. The highest BCUT2D eigenvalue weighted by atomic mass is 32.1. The Kier molecular flexibility index (Phi) is 6.14. The summed E-state index contributed by atoms with van der Waals surface area (Å²) < 4.78 is 0. The molecular weight excluding hydrogens is 370 g/mol. The number of carbonyl (C=O) groups excluding carboxylic acids is 2. The Hall–Kier alpha value is -3.51. The number of nitrogens with two attached hydrogens (primary N) is 1. The summed E-state index contributed by atoms with van der Waals surface area (Å²) >= 11 is 5.28. The van der Waals surface area contributed by atoms with Crippen LogP contribution >= 0.6 is 12.2 Å². The van der Waals surface area contributed by atoms with E-state index in [0.29, 0.717) is 11.3 Å². The van der Waals surface area contributed by atoms with Crippen molar-refractivity contribution in [3.8, 4) is 0 Å². The van der Waals surface area contributed by atoms with E-state index in [1.165, 1.54) is 0 Å². The van der Waals surface area contributed by atoms with Crippen LogP contribution in [0, 0.1) is 0 Å². The SMILES string of the molecule is NC(=O)c1ccccc1NC(=S)NC(=O)C(c1ccccc1)c1ccccc1. The van der Waals surface area contributed by atoms with Crippen LogP contribution in [0.4, 0.5) is 5.69 Å². The quantitative estimate of drug-likeness (QED) is 0.584. The van der Waals surface area contributed by atoms with Crippen molar-refractivity contribution in [2.24, 2.45) is 5.73 Å². The van der Waals surface area contributed by atoms with Gasteiger partial charge in [-0.25, -0.2) is 0 Å². The van der Waals surface area contributed by atoms with Gasteiger partial charge in [-0.15, -0.1) is 0 Å². The Bertz CT molecular complexity index is 951. The van der Waals surface area contributed by atoms with Crippen molar-refractivity contribution in [1.82, 2.24) is 5.32 Å². The van der Waals surface area contributed by atoms with Gasteiger partial charge in [-0.1, -0.05) is 72.8 Å². The Morgan fingerprint density at radius 3 is 1.82 bits per heavy atom. The molecule has 4 N–H and O–H groups in total. The summed E-state index contributed by atoms with van der Waals surface area (Å²) in [5.41, 5.74) is 7.82. The van der Waals surface area contributed by atoms with Crippen LogP contribution in [-0.2, 0) is 4.79 Å². The Balaban J connectivity index is 1.81. The lowest BCUT2D eigenvalue weighted by atomic mass is 9.90. The van der Waals surface area contributed by atoms with Crippen molar-refractivity contribution in [2.75, 3.05) is 5.32 Å². The van der Waals surface area contributed by atoms with E-state index in [-0.39, 0.29) is 11.0 Å². The number of para-hydroxylation sites is 1. The second-order valence-electron chi connectivity index (χ2n) is 6.11. The number of thiocarbonyl (C=S) groups is 1. The second kappa shape index (κ2) is 8.92. The predicted octanol–water partition coefficient (Wildman–Crippen LogP) is 3.43. The molecule has 0 atom stereocenters. The zero-order valence-corrected chi connectivity index (χ0v) is 15.8. The number of hydrogen-bond donors (Lipinski definition) is 3. The summed E-state index contributed by atoms with van der Waals surface area (Å²) in [5.74, 6) is -1.37. The van der Waals surface area contributed by atoms with Crippen LogP contribution in [0.5, 0.6) is 0 Å². The standard InChI is InChI=1S/C22H19N3O2S/c23-20(26)17-13-7-8-14-18(17)24-22(28)25-21(27)19(15-9-3-1-4-10-15)16-11-5-2-6-12-16/h1-14,19H,(H2,23,26)(H2,24,25,27,28). The fraction of sp³-hybridized carbons (Fsp3) is 0.0455. The number of hydrogen-bond acceptors (Lipinski definition) is 3. The molecule has 0 aliphatic heterocycles. The van der Waals surface area contributed by atoms with Gasteiger partial charge in [-0.2, -0.15) is 0 Å². The molecular formula is C22H19N3O2S. The van der Waals surface area contributed by atoms with Gasteiger partial charge in [0.05, 0.1) is 17.2 Å². The van der Waals surface area contributed by atoms with E-state index in [4.69, 9.17) is 18.0 Å². The number of rotatable bonds is 5. The van der Waals surface area contributed by atoms with Crippen molar-refractivity contribution in [2.45, 2.75) is 5.92 Å². The third-order valence-corrected chi connectivity index (χ3v) is 4.41. The molecule has 0 aliphatic rings. The molecule has 0 aromatic heterocycles. The molecule has 0 spiro atoms. The molecule has 28 heavy (non-hydrogen) atoms. The maximum Gasteiger partial charge on any atom is 0.250 e. The molecule has 5 nitrogen and oxygen atoms in total. The molecule has 0 bridgehead atoms. The minimum Gasteiger partial charge on any atom is -0.366 e. The fourth-order valence-corrected chi connectivity index (χ4v) is 3.14. The Labute approximate surface area is 168 Å². The first-order valence-electron chi connectivity index (χ1n) is 8.67. The van der Waals surface area contributed by atoms with Gasteiger partial charge in [-0.3, -0.25) is 9.59 Å². The van der Waals surface area contributed by atoms with Crippen LogP contribution < -0.4 is 16.4 Å². The Morgan fingerprint density at radius 1 is 0.786 bits per heavy atom. The highest BCUT2D eigenvalue weighted by molar-refractivity contribution is 7.80. The smallest absolute Gasteiger partial charge is 0.250 e. The molecule has 0 saturated carbocycles. The first kappa shape index (κ1) is 19.3. The van der Waals surface area contributed by atoms with Crippen LogP contribution in [0.3, 0.4) is 0 Å². The van der Waals surface area contributed by atoms with Crippen molar-refractivity contribution >= 4 is 34.8 Å². The molecule has 2 amide bonds. The number of benzene rings is 3. The van der Waals surface area contributed by atoms with Gasteiger partial charge >= 0.3 is 0 Å². The number of primary amides is 1. The van der Waals surface area contributed by atoms with E-state index < -0.39 is 11.8 Å². The predicted molar refractivity (Wildman–Crippen MR) is 114 cm³/mol. The third-order valence-electron chi connectivity index (χ3n) is 4.21. The lowest BCUT2D eigenvalue weighted by molar-refractivity contribution is -0.120.